The third kappa shape index (κ3) is 3.61. The highest BCUT2D eigenvalue weighted by Gasteiger charge is 2.35. The Kier molecular flexibility index (Phi) is 5.06. The van der Waals surface area contributed by atoms with Gasteiger partial charge in [0.1, 0.15) is 6.54 Å². The smallest absolute Gasteiger partial charge is 0.265 e. The first-order valence-electron chi connectivity index (χ1n) is 9.11. The van der Waals surface area contributed by atoms with Gasteiger partial charge in [-0.25, -0.2) is 8.42 Å². The normalized spacial score (nSPS) is 14.1. The summed E-state index contributed by atoms with van der Waals surface area (Å²) in [6, 6.07) is 19.5. The van der Waals surface area contributed by atoms with Gasteiger partial charge in [0.2, 0.25) is 5.91 Å². The monoisotopic (exact) mass is 426 g/mol. The zero-order valence-corrected chi connectivity index (χ0v) is 17.3. The molecule has 1 aliphatic heterocycles. The zero-order valence-electron chi connectivity index (χ0n) is 15.7. The van der Waals surface area contributed by atoms with Gasteiger partial charge in [-0.1, -0.05) is 54.1 Å². The molecule has 7 heteroatoms. The lowest BCUT2D eigenvalue weighted by molar-refractivity contribution is -0.119. The van der Waals surface area contributed by atoms with Crippen LogP contribution >= 0.6 is 11.6 Å². The summed E-state index contributed by atoms with van der Waals surface area (Å²) in [6.45, 7) is 1.99. The molecule has 1 aliphatic rings. The van der Waals surface area contributed by atoms with Gasteiger partial charge in [0.15, 0.2) is 0 Å². The minimum absolute atomic E-state index is 0.168. The van der Waals surface area contributed by atoms with Gasteiger partial charge in [0, 0.05) is 22.7 Å². The van der Waals surface area contributed by atoms with Crippen LogP contribution in [0.5, 0.6) is 0 Å². The molecule has 5 nitrogen and oxygen atoms in total. The van der Waals surface area contributed by atoms with Crippen molar-refractivity contribution in [2.24, 2.45) is 0 Å². The summed E-state index contributed by atoms with van der Waals surface area (Å²) in [5.41, 5.74) is 3.77. The number of anilines is 1. The van der Waals surface area contributed by atoms with Gasteiger partial charge in [-0.2, -0.15) is 0 Å². The van der Waals surface area contributed by atoms with Gasteiger partial charge in [0.25, 0.3) is 10.0 Å². The number of carbonyl (C=O) groups excluding carboxylic acids is 1. The molecule has 29 heavy (non-hydrogen) atoms. The van der Waals surface area contributed by atoms with Crippen molar-refractivity contribution in [2.75, 3.05) is 10.8 Å². The van der Waals surface area contributed by atoms with Gasteiger partial charge in [-0.3, -0.25) is 9.10 Å². The number of benzene rings is 3. The van der Waals surface area contributed by atoms with Crippen LogP contribution in [0, 0.1) is 6.92 Å². The standard InChI is InChI=1S/C22H19ClN2O3S/c1-15-6-2-3-7-16(15)13-24-22(26)14-25-20-11-10-17(23)12-19(20)18-8-4-5-9-21(18)29(25,27)28/h2-12H,13-14H2,1H3,(H,24,26). The minimum Gasteiger partial charge on any atom is -0.350 e. The van der Waals surface area contributed by atoms with Crippen molar-refractivity contribution in [2.45, 2.75) is 18.4 Å². The van der Waals surface area contributed by atoms with E-state index in [4.69, 9.17) is 11.6 Å². The molecular formula is C22H19ClN2O3S. The van der Waals surface area contributed by atoms with Crippen LogP contribution in [0.4, 0.5) is 5.69 Å². The summed E-state index contributed by atoms with van der Waals surface area (Å²) in [4.78, 5) is 12.8. The van der Waals surface area contributed by atoms with E-state index in [1.165, 1.54) is 0 Å². The quantitative estimate of drug-likeness (QED) is 0.681. The third-order valence-corrected chi connectivity index (χ3v) is 7.05. The number of fused-ring (bicyclic) bond motifs is 3. The molecule has 0 spiro atoms. The fourth-order valence-electron chi connectivity index (χ4n) is 3.46. The predicted molar refractivity (Wildman–Crippen MR) is 114 cm³/mol. The second-order valence-electron chi connectivity index (χ2n) is 6.87. The molecule has 0 aromatic heterocycles. The summed E-state index contributed by atoms with van der Waals surface area (Å²) < 4.78 is 27.6. The molecule has 3 aromatic rings. The first-order valence-corrected chi connectivity index (χ1v) is 10.9. The Balaban J connectivity index is 1.65. The van der Waals surface area contributed by atoms with E-state index < -0.39 is 10.0 Å². The molecule has 148 valence electrons. The van der Waals surface area contributed by atoms with Crippen LogP contribution in [-0.4, -0.2) is 20.9 Å². The Morgan fingerprint density at radius 2 is 1.72 bits per heavy atom. The van der Waals surface area contributed by atoms with Gasteiger partial charge < -0.3 is 5.32 Å². The maximum absolute atomic E-state index is 13.2. The fraction of sp³-hybridized carbons (Fsp3) is 0.136. The summed E-state index contributed by atoms with van der Waals surface area (Å²) in [5.74, 6) is -0.378. The van der Waals surface area contributed by atoms with E-state index in [9.17, 15) is 13.2 Å². The van der Waals surface area contributed by atoms with Gasteiger partial charge >= 0.3 is 0 Å². The SMILES string of the molecule is Cc1ccccc1CNC(=O)CN1c2ccc(Cl)cc2-c2ccccc2S1(=O)=O. The molecule has 0 fully saturated rings. The lowest BCUT2D eigenvalue weighted by Crippen LogP contribution is -2.42. The maximum Gasteiger partial charge on any atom is 0.265 e. The van der Waals surface area contributed by atoms with E-state index in [0.717, 1.165) is 15.4 Å². The van der Waals surface area contributed by atoms with Crippen LogP contribution in [0.15, 0.2) is 71.6 Å². The number of amides is 1. The predicted octanol–water partition coefficient (Wildman–Crippen LogP) is 4.14. The number of nitrogens with zero attached hydrogens (tertiary/aromatic N) is 1. The van der Waals surface area contributed by atoms with Gasteiger partial charge in [-0.15, -0.1) is 0 Å². The number of aryl methyl sites for hydroxylation is 1. The maximum atomic E-state index is 13.2. The van der Waals surface area contributed by atoms with Gasteiger partial charge in [-0.05, 0) is 42.3 Å². The van der Waals surface area contributed by atoms with E-state index in [1.54, 1.807) is 42.5 Å². The van der Waals surface area contributed by atoms with Crippen molar-refractivity contribution in [3.05, 3.63) is 82.9 Å². The lowest BCUT2D eigenvalue weighted by atomic mass is 10.0. The highest BCUT2D eigenvalue weighted by Crippen LogP contribution is 2.43. The first kappa shape index (κ1) is 19.5. The topological polar surface area (TPSA) is 66.5 Å². The van der Waals surface area contributed by atoms with Crippen molar-refractivity contribution in [3.8, 4) is 11.1 Å². The number of nitrogens with one attached hydrogen (secondary N) is 1. The van der Waals surface area contributed by atoms with E-state index in [1.807, 2.05) is 31.2 Å². The number of halogens is 1. The molecule has 0 atom stereocenters. The second kappa shape index (κ2) is 7.54. The van der Waals surface area contributed by atoms with Crippen LogP contribution < -0.4 is 9.62 Å². The molecule has 0 aliphatic carbocycles. The van der Waals surface area contributed by atoms with Crippen LogP contribution in [0.3, 0.4) is 0 Å². The molecule has 0 saturated carbocycles. The third-order valence-electron chi connectivity index (χ3n) is 5.00. The van der Waals surface area contributed by atoms with Crippen LogP contribution in [0.25, 0.3) is 11.1 Å². The average molecular weight is 427 g/mol. The molecule has 0 saturated heterocycles. The van der Waals surface area contributed by atoms with E-state index in [0.29, 0.717) is 28.4 Å². The lowest BCUT2D eigenvalue weighted by Gasteiger charge is -2.31. The molecule has 4 rings (SSSR count). The first-order chi connectivity index (χ1) is 13.9. The summed E-state index contributed by atoms with van der Waals surface area (Å²) in [6.07, 6.45) is 0. The molecule has 0 radical (unpaired) electrons. The fourth-order valence-corrected chi connectivity index (χ4v) is 5.28. The summed E-state index contributed by atoms with van der Waals surface area (Å²) in [7, 11) is -3.87. The van der Waals surface area contributed by atoms with Crippen molar-refractivity contribution in [3.63, 3.8) is 0 Å². The second-order valence-corrected chi connectivity index (χ2v) is 9.14. The van der Waals surface area contributed by atoms with E-state index >= 15 is 0 Å². The number of rotatable bonds is 4. The number of sulfonamides is 1. The summed E-state index contributed by atoms with van der Waals surface area (Å²) in [5, 5.41) is 3.32. The highest BCUT2D eigenvalue weighted by atomic mass is 35.5. The Hall–Kier alpha value is -2.83. The Bertz CT molecular complexity index is 1210. The number of hydrogen-bond acceptors (Lipinski definition) is 3. The van der Waals surface area contributed by atoms with Crippen LogP contribution in [0.1, 0.15) is 11.1 Å². The number of carbonyl (C=O) groups is 1. The molecular weight excluding hydrogens is 408 g/mol. The molecule has 1 amide bonds. The Morgan fingerprint density at radius 3 is 2.52 bits per heavy atom. The van der Waals surface area contributed by atoms with Crippen molar-refractivity contribution < 1.29 is 13.2 Å². The van der Waals surface area contributed by atoms with Crippen LogP contribution in [-0.2, 0) is 21.4 Å². The van der Waals surface area contributed by atoms with Crippen molar-refractivity contribution >= 4 is 33.2 Å². The highest BCUT2D eigenvalue weighted by molar-refractivity contribution is 7.93. The average Bonchev–Trinajstić information content (AvgIpc) is 2.71. The molecule has 0 bridgehead atoms. The summed E-state index contributed by atoms with van der Waals surface area (Å²) >= 11 is 6.15. The Labute approximate surface area is 175 Å². The van der Waals surface area contributed by atoms with Gasteiger partial charge in [0.05, 0.1) is 10.6 Å². The van der Waals surface area contributed by atoms with E-state index in [2.05, 4.69) is 5.32 Å². The molecule has 0 unspecified atom stereocenters. The molecule has 1 N–H and O–H groups in total. The molecule has 3 aromatic carbocycles. The molecule has 1 heterocycles. The van der Waals surface area contributed by atoms with Crippen molar-refractivity contribution in [1.29, 1.82) is 0 Å². The largest absolute Gasteiger partial charge is 0.350 e. The number of hydrogen-bond donors (Lipinski definition) is 1. The Morgan fingerprint density at radius 1 is 1.00 bits per heavy atom. The minimum atomic E-state index is -3.87. The van der Waals surface area contributed by atoms with E-state index in [-0.39, 0.29) is 17.3 Å². The van der Waals surface area contributed by atoms with Crippen LogP contribution in [0.2, 0.25) is 5.02 Å². The zero-order chi connectivity index (χ0) is 20.6. The van der Waals surface area contributed by atoms with Crippen molar-refractivity contribution in [1.82, 2.24) is 5.32 Å².